The SMILES string of the molecule is COCCn1c(SC(C)C(=O)Nc2c(C)cccc2C)nc2cc(Cl)ccc21. The molecule has 2 aromatic carbocycles. The predicted molar refractivity (Wildman–Crippen MR) is 116 cm³/mol. The number of amides is 1. The first-order valence-electron chi connectivity index (χ1n) is 9.09. The van der Waals surface area contributed by atoms with Crippen LogP contribution in [0, 0.1) is 13.8 Å². The summed E-state index contributed by atoms with van der Waals surface area (Å²) in [6.45, 7) is 7.09. The van der Waals surface area contributed by atoms with Gasteiger partial charge in [0.15, 0.2) is 5.16 Å². The molecule has 1 unspecified atom stereocenters. The molecule has 0 radical (unpaired) electrons. The zero-order valence-corrected chi connectivity index (χ0v) is 18.0. The Morgan fingerprint density at radius 2 is 2.00 bits per heavy atom. The van der Waals surface area contributed by atoms with Gasteiger partial charge >= 0.3 is 0 Å². The summed E-state index contributed by atoms with van der Waals surface area (Å²) in [5.41, 5.74) is 4.76. The molecule has 0 bridgehead atoms. The Hall–Kier alpha value is -2.02. The first kappa shape index (κ1) is 20.7. The third-order valence-corrected chi connectivity index (χ3v) is 5.90. The van der Waals surface area contributed by atoms with Crippen LogP contribution in [0.5, 0.6) is 0 Å². The maximum atomic E-state index is 12.8. The summed E-state index contributed by atoms with van der Waals surface area (Å²) < 4.78 is 7.31. The number of carbonyl (C=O) groups is 1. The van der Waals surface area contributed by atoms with Crippen LogP contribution in [0.2, 0.25) is 5.02 Å². The fraction of sp³-hybridized carbons (Fsp3) is 0.333. The number of fused-ring (bicyclic) bond motifs is 1. The molecule has 1 N–H and O–H groups in total. The van der Waals surface area contributed by atoms with Gasteiger partial charge in [-0.2, -0.15) is 0 Å². The number of hydrogen-bond donors (Lipinski definition) is 1. The predicted octanol–water partition coefficient (Wildman–Crippen LogP) is 5.07. The molecule has 1 heterocycles. The molecule has 1 amide bonds. The lowest BCUT2D eigenvalue weighted by Gasteiger charge is -2.16. The molecule has 148 valence electrons. The van der Waals surface area contributed by atoms with Gasteiger partial charge in [0, 0.05) is 24.4 Å². The molecule has 3 aromatic rings. The van der Waals surface area contributed by atoms with Crippen molar-refractivity contribution in [3.05, 3.63) is 52.5 Å². The molecular weight excluding hydrogens is 394 g/mol. The zero-order valence-electron chi connectivity index (χ0n) is 16.5. The number of anilines is 1. The van der Waals surface area contributed by atoms with Crippen LogP contribution in [0.4, 0.5) is 5.69 Å². The van der Waals surface area contributed by atoms with Gasteiger partial charge in [-0.25, -0.2) is 4.98 Å². The van der Waals surface area contributed by atoms with E-state index in [0.717, 1.165) is 33.0 Å². The summed E-state index contributed by atoms with van der Waals surface area (Å²) >= 11 is 7.55. The second-order valence-electron chi connectivity index (χ2n) is 6.69. The van der Waals surface area contributed by atoms with E-state index < -0.39 is 0 Å². The van der Waals surface area contributed by atoms with E-state index in [0.29, 0.717) is 18.2 Å². The fourth-order valence-corrected chi connectivity index (χ4v) is 4.13. The second-order valence-corrected chi connectivity index (χ2v) is 8.43. The molecule has 0 aliphatic carbocycles. The zero-order chi connectivity index (χ0) is 20.3. The molecule has 28 heavy (non-hydrogen) atoms. The quantitative estimate of drug-likeness (QED) is 0.545. The Morgan fingerprint density at radius 1 is 1.29 bits per heavy atom. The van der Waals surface area contributed by atoms with Crippen LogP contribution in [-0.4, -0.2) is 34.4 Å². The van der Waals surface area contributed by atoms with Crippen molar-refractivity contribution in [2.45, 2.75) is 37.7 Å². The van der Waals surface area contributed by atoms with Crippen molar-refractivity contribution in [1.82, 2.24) is 9.55 Å². The number of para-hydroxylation sites is 1. The number of methoxy groups -OCH3 is 1. The number of carbonyl (C=O) groups excluding carboxylic acids is 1. The highest BCUT2D eigenvalue weighted by atomic mass is 35.5. The van der Waals surface area contributed by atoms with Crippen LogP contribution in [0.15, 0.2) is 41.6 Å². The number of aryl methyl sites for hydroxylation is 2. The average Bonchev–Trinajstić information content (AvgIpc) is 2.98. The van der Waals surface area contributed by atoms with Gasteiger partial charge in [0.1, 0.15) is 0 Å². The maximum absolute atomic E-state index is 12.8. The van der Waals surface area contributed by atoms with Crippen LogP contribution in [0.25, 0.3) is 11.0 Å². The van der Waals surface area contributed by atoms with Crippen molar-refractivity contribution < 1.29 is 9.53 Å². The van der Waals surface area contributed by atoms with E-state index in [9.17, 15) is 4.79 Å². The van der Waals surface area contributed by atoms with Crippen molar-refractivity contribution in [2.75, 3.05) is 19.0 Å². The van der Waals surface area contributed by atoms with Gasteiger partial charge in [-0.1, -0.05) is 41.6 Å². The number of rotatable bonds is 7. The van der Waals surface area contributed by atoms with Crippen LogP contribution < -0.4 is 5.32 Å². The molecule has 0 saturated heterocycles. The van der Waals surface area contributed by atoms with Gasteiger partial charge in [0.25, 0.3) is 0 Å². The topological polar surface area (TPSA) is 56.1 Å². The summed E-state index contributed by atoms with van der Waals surface area (Å²) in [5, 5.41) is 4.17. The molecule has 0 aliphatic rings. The second kappa shape index (κ2) is 8.99. The third kappa shape index (κ3) is 4.51. The standard InChI is InChI=1S/C21H24ClN3O2S/c1-13-6-5-7-14(2)19(13)24-20(26)15(3)28-21-23-17-12-16(22)8-9-18(17)25(21)10-11-27-4/h5-9,12,15H,10-11H2,1-4H3,(H,24,26). The summed E-state index contributed by atoms with van der Waals surface area (Å²) in [4.78, 5) is 17.5. The minimum absolute atomic E-state index is 0.0502. The number of aromatic nitrogens is 2. The van der Waals surface area contributed by atoms with Gasteiger partial charge < -0.3 is 14.6 Å². The highest BCUT2D eigenvalue weighted by Crippen LogP contribution is 2.30. The van der Waals surface area contributed by atoms with E-state index in [1.54, 1.807) is 7.11 Å². The summed E-state index contributed by atoms with van der Waals surface area (Å²) in [6, 6.07) is 11.6. The number of thioether (sulfide) groups is 1. The van der Waals surface area contributed by atoms with E-state index in [2.05, 4.69) is 9.88 Å². The Bertz CT molecular complexity index is 982. The monoisotopic (exact) mass is 417 g/mol. The number of benzene rings is 2. The van der Waals surface area contributed by atoms with Gasteiger partial charge in [-0.3, -0.25) is 4.79 Å². The number of halogens is 1. The van der Waals surface area contributed by atoms with Crippen LogP contribution >= 0.6 is 23.4 Å². The number of ether oxygens (including phenoxy) is 1. The highest BCUT2D eigenvalue weighted by molar-refractivity contribution is 8.00. The fourth-order valence-electron chi connectivity index (χ4n) is 3.02. The minimum atomic E-state index is -0.312. The van der Waals surface area contributed by atoms with Crippen LogP contribution in [0.1, 0.15) is 18.1 Å². The molecule has 3 rings (SSSR count). The van der Waals surface area contributed by atoms with E-state index in [1.807, 2.05) is 57.2 Å². The van der Waals surface area contributed by atoms with Crippen molar-refractivity contribution in [3.8, 4) is 0 Å². The number of nitrogens with zero attached hydrogens (tertiary/aromatic N) is 2. The molecule has 1 atom stereocenters. The molecule has 0 fully saturated rings. The van der Waals surface area contributed by atoms with E-state index in [4.69, 9.17) is 21.3 Å². The molecule has 1 aromatic heterocycles. The minimum Gasteiger partial charge on any atom is -0.383 e. The molecule has 5 nitrogen and oxygen atoms in total. The average molecular weight is 418 g/mol. The third-order valence-electron chi connectivity index (χ3n) is 4.58. The number of nitrogens with one attached hydrogen (secondary N) is 1. The van der Waals surface area contributed by atoms with Crippen molar-refractivity contribution in [1.29, 1.82) is 0 Å². The maximum Gasteiger partial charge on any atom is 0.237 e. The lowest BCUT2D eigenvalue weighted by atomic mass is 10.1. The normalized spacial score (nSPS) is 12.3. The molecule has 7 heteroatoms. The van der Waals surface area contributed by atoms with Crippen molar-refractivity contribution in [2.24, 2.45) is 0 Å². The van der Waals surface area contributed by atoms with Crippen molar-refractivity contribution >= 4 is 46.0 Å². The van der Waals surface area contributed by atoms with E-state index in [1.165, 1.54) is 11.8 Å². The Balaban J connectivity index is 1.83. The Kier molecular flexibility index (Phi) is 6.65. The van der Waals surface area contributed by atoms with Crippen molar-refractivity contribution in [3.63, 3.8) is 0 Å². The Morgan fingerprint density at radius 3 is 2.68 bits per heavy atom. The first-order chi connectivity index (χ1) is 13.4. The molecule has 0 saturated carbocycles. The van der Waals surface area contributed by atoms with Crippen LogP contribution in [0.3, 0.4) is 0 Å². The molecule has 0 spiro atoms. The molecule has 0 aliphatic heterocycles. The summed E-state index contributed by atoms with van der Waals surface area (Å²) in [7, 11) is 1.67. The van der Waals surface area contributed by atoms with Gasteiger partial charge in [0.2, 0.25) is 5.91 Å². The summed E-state index contributed by atoms with van der Waals surface area (Å²) in [6.07, 6.45) is 0. The van der Waals surface area contributed by atoms with Gasteiger partial charge in [-0.05, 0) is 50.1 Å². The van der Waals surface area contributed by atoms with Crippen LogP contribution in [-0.2, 0) is 16.1 Å². The number of hydrogen-bond acceptors (Lipinski definition) is 4. The largest absolute Gasteiger partial charge is 0.383 e. The lowest BCUT2D eigenvalue weighted by molar-refractivity contribution is -0.115. The smallest absolute Gasteiger partial charge is 0.237 e. The first-order valence-corrected chi connectivity index (χ1v) is 10.3. The lowest BCUT2D eigenvalue weighted by Crippen LogP contribution is -2.24. The highest BCUT2D eigenvalue weighted by Gasteiger charge is 2.20. The van der Waals surface area contributed by atoms with Gasteiger partial charge in [0.05, 0.1) is 22.9 Å². The molecular formula is C21H24ClN3O2S. The van der Waals surface area contributed by atoms with E-state index in [-0.39, 0.29) is 11.2 Å². The summed E-state index contributed by atoms with van der Waals surface area (Å²) in [5.74, 6) is -0.0502. The Labute approximate surface area is 174 Å². The number of imidazole rings is 1. The van der Waals surface area contributed by atoms with Gasteiger partial charge in [-0.15, -0.1) is 0 Å². The van der Waals surface area contributed by atoms with E-state index >= 15 is 0 Å².